The smallest absolute Gasteiger partial charge is 0.307 e. The van der Waals surface area contributed by atoms with Crippen LogP contribution in [0.25, 0.3) is 11.0 Å². The lowest BCUT2D eigenvalue weighted by molar-refractivity contribution is -0.140. The van der Waals surface area contributed by atoms with Gasteiger partial charge in [-0.05, 0) is 24.6 Å². The predicted octanol–water partition coefficient (Wildman–Crippen LogP) is 2.69. The SMILES string of the molecule is COC(=O)CCn1c(CCCl)nc2ccc(C)cc21. The van der Waals surface area contributed by atoms with Crippen molar-refractivity contribution in [2.24, 2.45) is 0 Å². The van der Waals surface area contributed by atoms with E-state index >= 15 is 0 Å². The first kappa shape index (κ1) is 13.9. The van der Waals surface area contributed by atoms with Crippen LogP contribution in [0.4, 0.5) is 0 Å². The standard InChI is InChI=1S/C14H17ClN2O2/c1-10-3-4-11-12(9-10)17(8-6-14(18)19-2)13(16-11)5-7-15/h3-4,9H,5-8H2,1-2H3. The molecule has 1 aromatic carbocycles. The van der Waals surface area contributed by atoms with Crippen molar-refractivity contribution in [1.82, 2.24) is 9.55 Å². The molecule has 0 unspecified atom stereocenters. The van der Waals surface area contributed by atoms with Crippen molar-refractivity contribution < 1.29 is 9.53 Å². The number of fused-ring (bicyclic) bond motifs is 1. The van der Waals surface area contributed by atoms with Gasteiger partial charge in [0.25, 0.3) is 0 Å². The molecule has 1 heterocycles. The number of ether oxygens (including phenoxy) is 1. The lowest BCUT2D eigenvalue weighted by Crippen LogP contribution is -2.10. The fourth-order valence-corrected chi connectivity index (χ4v) is 2.28. The number of benzene rings is 1. The molecule has 5 heteroatoms. The Kier molecular flexibility index (Phi) is 4.43. The Morgan fingerprint density at radius 2 is 2.26 bits per heavy atom. The number of hydrogen-bond donors (Lipinski definition) is 0. The highest BCUT2D eigenvalue weighted by Crippen LogP contribution is 2.19. The Morgan fingerprint density at radius 1 is 1.47 bits per heavy atom. The van der Waals surface area contributed by atoms with Gasteiger partial charge < -0.3 is 9.30 Å². The Balaban J connectivity index is 2.38. The Hall–Kier alpha value is -1.55. The number of esters is 1. The van der Waals surface area contributed by atoms with E-state index in [1.165, 1.54) is 12.7 Å². The maximum absolute atomic E-state index is 11.3. The van der Waals surface area contributed by atoms with E-state index in [0.717, 1.165) is 16.9 Å². The second kappa shape index (κ2) is 6.06. The molecule has 0 fully saturated rings. The van der Waals surface area contributed by atoms with E-state index in [1.807, 2.05) is 19.1 Å². The Bertz CT molecular complexity index is 592. The van der Waals surface area contributed by atoms with Crippen molar-refractivity contribution in [3.05, 3.63) is 29.6 Å². The molecule has 0 amide bonds. The molecule has 0 N–H and O–H groups in total. The van der Waals surface area contributed by atoms with E-state index in [4.69, 9.17) is 11.6 Å². The molecule has 102 valence electrons. The molecule has 0 radical (unpaired) electrons. The van der Waals surface area contributed by atoms with Gasteiger partial charge in [0.1, 0.15) is 5.82 Å². The molecule has 0 aliphatic carbocycles. The van der Waals surface area contributed by atoms with Crippen LogP contribution in [0.5, 0.6) is 0 Å². The van der Waals surface area contributed by atoms with Crippen LogP contribution in [-0.4, -0.2) is 28.5 Å². The average molecular weight is 281 g/mol. The van der Waals surface area contributed by atoms with E-state index < -0.39 is 0 Å². The molecule has 0 atom stereocenters. The summed E-state index contributed by atoms with van der Waals surface area (Å²) in [6.07, 6.45) is 1.03. The summed E-state index contributed by atoms with van der Waals surface area (Å²) >= 11 is 5.81. The van der Waals surface area contributed by atoms with Crippen molar-refractivity contribution in [2.75, 3.05) is 13.0 Å². The number of aryl methyl sites for hydroxylation is 3. The van der Waals surface area contributed by atoms with Gasteiger partial charge in [0.05, 0.1) is 24.6 Å². The van der Waals surface area contributed by atoms with Gasteiger partial charge in [-0.3, -0.25) is 4.79 Å². The van der Waals surface area contributed by atoms with Crippen LogP contribution >= 0.6 is 11.6 Å². The molecule has 1 aromatic heterocycles. The molecule has 0 aliphatic heterocycles. The second-order valence-electron chi connectivity index (χ2n) is 4.44. The zero-order valence-corrected chi connectivity index (χ0v) is 11.9. The van der Waals surface area contributed by atoms with Crippen molar-refractivity contribution in [1.29, 1.82) is 0 Å². The summed E-state index contributed by atoms with van der Waals surface area (Å²) in [6, 6.07) is 6.11. The number of carbonyl (C=O) groups is 1. The minimum atomic E-state index is -0.216. The third kappa shape index (κ3) is 3.07. The number of nitrogens with zero attached hydrogens (tertiary/aromatic N) is 2. The van der Waals surface area contributed by atoms with Crippen LogP contribution < -0.4 is 0 Å². The predicted molar refractivity (Wildman–Crippen MR) is 75.5 cm³/mol. The van der Waals surface area contributed by atoms with E-state index in [0.29, 0.717) is 25.3 Å². The van der Waals surface area contributed by atoms with Gasteiger partial charge in [-0.15, -0.1) is 11.6 Å². The highest BCUT2D eigenvalue weighted by Gasteiger charge is 2.12. The van der Waals surface area contributed by atoms with Crippen LogP contribution in [0.3, 0.4) is 0 Å². The van der Waals surface area contributed by atoms with Gasteiger partial charge in [-0.1, -0.05) is 6.07 Å². The minimum absolute atomic E-state index is 0.216. The Morgan fingerprint density at radius 3 is 2.95 bits per heavy atom. The molecule has 0 saturated heterocycles. The van der Waals surface area contributed by atoms with E-state index in [-0.39, 0.29) is 5.97 Å². The summed E-state index contributed by atoms with van der Waals surface area (Å²) in [4.78, 5) is 15.9. The minimum Gasteiger partial charge on any atom is -0.469 e. The second-order valence-corrected chi connectivity index (χ2v) is 4.81. The van der Waals surface area contributed by atoms with Crippen molar-refractivity contribution in [3.8, 4) is 0 Å². The fourth-order valence-electron chi connectivity index (χ4n) is 2.11. The zero-order chi connectivity index (χ0) is 13.8. The first-order valence-corrected chi connectivity index (χ1v) is 6.77. The molecular weight excluding hydrogens is 264 g/mol. The van der Waals surface area contributed by atoms with Gasteiger partial charge in [0, 0.05) is 18.8 Å². The number of alkyl halides is 1. The van der Waals surface area contributed by atoms with Crippen LogP contribution in [0.1, 0.15) is 17.8 Å². The van der Waals surface area contributed by atoms with Gasteiger partial charge in [0.15, 0.2) is 0 Å². The Labute approximate surface area is 117 Å². The fraction of sp³-hybridized carbons (Fsp3) is 0.429. The highest BCUT2D eigenvalue weighted by atomic mass is 35.5. The topological polar surface area (TPSA) is 44.1 Å². The van der Waals surface area contributed by atoms with Crippen LogP contribution in [0.2, 0.25) is 0 Å². The zero-order valence-electron chi connectivity index (χ0n) is 11.1. The molecule has 4 nitrogen and oxygen atoms in total. The monoisotopic (exact) mass is 280 g/mol. The molecular formula is C14H17ClN2O2. The van der Waals surface area contributed by atoms with Gasteiger partial charge >= 0.3 is 5.97 Å². The average Bonchev–Trinajstić information content (AvgIpc) is 2.73. The summed E-state index contributed by atoms with van der Waals surface area (Å²) in [6.45, 7) is 2.61. The van der Waals surface area contributed by atoms with Crippen molar-refractivity contribution in [2.45, 2.75) is 26.3 Å². The van der Waals surface area contributed by atoms with Gasteiger partial charge in [-0.2, -0.15) is 0 Å². The number of imidazole rings is 1. The first-order valence-electron chi connectivity index (χ1n) is 6.24. The van der Waals surface area contributed by atoms with Crippen molar-refractivity contribution in [3.63, 3.8) is 0 Å². The van der Waals surface area contributed by atoms with E-state index in [1.54, 1.807) is 0 Å². The summed E-state index contributed by atoms with van der Waals surface area (Å²) in [5.41, 5.74) is 3.16. The summed E-state index contributed by atoms with van der Waals surface area (Å²) in [7, 11) is 1.40. The van der Waals surface area contributed by atoms with Crippen molar-refractivity contribution >= 4 is 28.6 Å². The third-order valence-electron chi connectivity index (χ3n) is 3.07. The third-order valence-corrected chi connectivity index (χ3v) is 3.26. The largest absolute Gasteiger partial charge is 0.469 e. The van der Waals surface area contributed by atoms with Gasteiger partial charge in [0.2, 0.25) is 0 Å². The summed E-state index contributed by atoms with van der Waals surface area (Å²) < 4.78 is 6.74. The van der Waals surface area contributed by atoms with Crippen LogP contribution in [0.15, 0.2) is 18.2 Å². The maximum Gasteiger partial charge on any atom is 0.307 e. The lowest BCUT2D eigenvalue weighted by atomic mass is 10.2. The quantitative estimate of drug-likeness (QED) is 0.625. The summed E-state index contributed by atoms with van der Waals surface area (Å²) in [5, 5.41) is 0. The molecule has 0 aliphatic rings. The molecule has 2 aromatic rings. The lowest BCUT2D eigenvalue weighted by Gasteiger charge is -2.07. The first-order chi connectivity index (χ1) is 9.15. The molecule has 0 saturated carbocycles. The number of halogens is 1. The molecule has 0 spiro atoms. The normalized spacial score (nSPS) is 10.9. The van der Waals surface area contributed by atoms with Crippen LogP contribution in [0, 0.1) is 6.92 Å². The van der Waals surface area contributed by atoms with E-state index in [2.05, 4.69) is 20.4 Å². The molecule has 0 bridgehead atoms. The van der Waals surface area contributed by atoms with Gasteiger partial charge in [-0.25, -0.2) is 4.98 Å². The highest BCUT2D eigenvalue weighted by molar-refractivity contribution is 6.17. The molecule has 19 heavy (non-hydrogen) atoms. The van der Waals surface area contributed by atoms with Crippen LogP contribution in [-0.2, 0) is 22.5 Å². The number of rotatable bonds is 5. The number of methoxy groups -OCH3 is 1. The maximum atomic E-state index is 11.3. The number of aromatic nitrogens is 2. The summed E-state index contributed by atoms with van der Waals surface area (Å²) in [5.74, 6) is 1.21. The molecule has 2 rings (SSSR count). The number of hydrogen-bond acceptors (Lipinski definition) is 3. The van der Waals surface area contributed by atoms with E-state index in [9.17, 15) is 4.79 Å². The number of carbonyl (C=O) groups excluding carboxylic acids is 1.